The normalized spacial score (nSPS) is 11.2. The van der Waals surface area contributed by atoms with Crippen molar-refractivity contribution in [2.75, 3.05) is 19.4 Å². The number of halogens is 1. The van der Waals surface area contributed by atoms with Crippen LogP contribution in [0.2, 0.25) is 0 Å². The summed E-state index contributed by atoms with van der Waals surface area (Å²) in [5.74, 6) is 0.441. The molecule has 0 aliphatic carbocycles. The van der Waals surface area contributed by atoms with E-state index >= 15 is 0 Å². The molecule has 0 bridgehead atoms. The van der Waals surface area contributed by atoms with Gasteiger partial charge in [0, 0.05) is 12.2 Å². The van der Waals surface area contributed by atoms with E-state index in [0.717, 1.165) is 24.2 Å². The van der Waals surface area contributed by atoms with E-state index in [9.17, 15) is 0 Å². The number of rotatable bonds is 6. The fourth-order valence-corrected chi connectivity index (χ4v) is 2.42. The van der Waals surface area contributed by atoms with Gasteiger partial charge in [0.2, 0.25) is 0 Å². The highest BCUT2D eigenvalue weighted by Gasteiger charge is 1.99. The first-order chi connectivity index (χ1) is 11.1. The van der Waals surface area contributed by atoms with Gasteiger partial charge in [-0.1, -0.05) is 43.3 Å². The first-order valence-electron chi connectivity index (χ1n) is 7.95. The van der Waals surface area contributed by atoms with E-state index in [1.807, 2.05) is 12.1 Å². The minimum Gasteiger partial charge on any atom is -0.370 e. The highest BCUT2D eigenvalue weighted by molar-refractivity contribution is 14.0. The zero-order valence-corrected chi connectivity index (χ0v) is 17.0. The Kier molecular flexibility index (Phi) is 8.78. The van der Waals surface area contributed by atoms with E-state index in [1.54, 1.807) is 0 Å². The number of hydrogen-bond acceptors (Lipinski definition) is 2. The van der Waals surface area contributed by atoms with Crippen molar-refractivity contribution in [3.63, 3.8) is 0 Å². The van der Waals surface area contributed by atoms with Gasteiger partial charge in [-0.2, -0.15) is 0 Å². The smallest absolute Gasteiger partial charge is 0.193 e. The van der Waals surface area contributed by atoms with Gasteiger partial charge in [-0.15, -0.1) is 24.0 Å². The Morgan fingerprint density at radius 3 is 2.42 bits per heavy atom. The summed E-state index contributed by atoms with van der Waals surface area (Å²) in [7, 11) is 4.13. The fraction of sp³-hybridized carbons (Fsp3) is 0.316. The predicted octanol–water partition coefficient (Wildman–Crippen LogP) is 3.86. The lowest BCUT2D eigenvalue weighted by Gasteiger charge is -2.10. The third-order valence-corrected chi connectivity index (χ3v) is 3.53. The second-order valence-electron chi connectivity index (χ2n) is 5.94. The van der Waals surface area contributed by atoms with Crippen LogP contribution < -0.4 is 11.1 Å². The summed E-state index contributed by atoms with van der Waals surface area (Å²) in [6.45, 7) is 3.64. The average Bonchev–Trinajstić information content (AvgIpc) is 2.53. The number of nitrogens with zero attached hydrogens (tertiary/aromatic N) is 2. The number of hydrogen-bond donors (Lipinski definition) is 2. The molecule has 0 aliphatic heterocycles. The highest BCUT2D eigenvalue weighted by Crippen LogP contribution is 2.11. The van der Waals surface area contributed by atoms with Crippen LogP contribution in [0.25, 0.3) is 0 Å². The molecule has 2 rings (SSSR count). The van der Waals surface area contributed by atoms with Crippen LogP contribution in [0.1, 0.15) is 23.6 Å². The Morgan fingerprint density at radius 2 is 1.71 bits per heavy atom. The lowest BCUT2D eigenvalue weighted by Crippen LogP contribution is -2.22. The molecule has 0 spiro atoms. The SMILES string of the molecule is CCc1cccc(NC(N)=NCc2cccc(CN(C)C)c2)c1.I. The van der Waals surface area contributed by atoms with Crippen LogP contribution in [0.4, 0.5) is 5.69 Å². The molecular weight excluding hydrogens is 411 g/mol. The summed E-state index contributed by atoms with van der Waals surface area (Å²) in [5.41, 5.74) is 10.7. The van der Waals surface area contributed by atoms with Gasteiger partial charge in [0.15, 0.2) is 5.96 Å². The van der Waals surface area contributed by atoms with Crippen LogP contribution in [0, 0.1) is 0 Å². The van der Waals surface area contributed by atoms with Gasteiger partial charge in [-0.25, -0.2) is 4.99 Å². The minimum atomic E-state index is 0. The van der Waals surface area contributed by atoms with Crippen molar-refractivity contribution in [2.45, 2.75) is 26.4 Å². The van der Waals surface area contributed by atoms with Crippen molar-refractivity contribution in [1.82, 2.24) is 4.90 Å². The first-order valence-corrected chi connectivity index (χ1v) is 7.95. The van der Waals surface area contributed by atoms with Crippen molar-refractivity contribution in [3.8, 4) is 0 Å². The molecule has 0 heterocycles. The molecule has 0 fully saturated rings. The quantitative estimate of drug-likeness (QED) is 0.409. The number of aliphatic imine (C=N–C) groups is 1. The molecule has 0 amide bonds. The predicted molar refractivity (Wildman–Crippen MR) is 114 cm³/mol. The monoisotopic (exact) mass is 438 g/mol. The summed E-state index contributed by atoms with van der Waals surface area (Å²) in [6, 6.07) is 16.7. The molecule has 0 aliphatic rings. The second kappa shape index (κ2) is 10.3. The van der Waals surface area contributed by atoms with Crippen LogP contribution in [0.3, 0.4) is 0 Å². The topological polar surface area (TPSA) is 53.6 Å². The molecule has 0 saturated heterocycles. The molecule has 2 aromatic rings. The van der Waals surface area contributed by atoms with E-state index in [1.165, 1.54) is 11.1 Å². The van der Waals surface area contributed by atoms with Crippen molar-refractivity contribution >= 4 is 35.6 Å². The largest absolute Gasteiger partial charge is 0.370 e. The first kappa shape index (κ1) is 20.4. The number of aryl methyl sites for hydroxylation is 1. The Balaban J connectivity index is 0.00000288. The van der Waals surface area contributed by atoms with Gasteiger partial charge in [-0.05, 0) is 49.3 Å². The number of guanidine groups is 1. The third kappa shape index (κ3) is 6.88. The summed E-state index contributed by atoms with van der Waals surface area (Å²) in [6.07, 6.45) is 1.01. The van der Waals surface area contributed by atoms with Gasteiger partial charge in [-0.3, -0.25) is 0 Å². The molecule has 3 N–H and O–H groups in total. The van der Waals surface area contributed by atoms with Crippen LogP contribution >= 0.6 is 24.0 Å². The van der Waals surface area contributed by atoms with Gasteiger partial charge in [0.1, 0.15) is 0 Å². The molecule has 4 nitrogen and oxygen atoms in total. The summed E-state index contributed by atoms with van der Waals surface area (Å²) >= 11 is 0. The molecule has 0 aromatic heterocycles. The number of anilines is 1. The van der Waals surface area contributed by atoms with Crippen molar-refractivity contribution < 1.29 is 0 Å². The van der Waals surface area contributed by atoms with Crippen LogP contribution in [0.5, 0.6) is 0 Å². The maximum absolute atomic E-state index is 5.99. The number of benzene rings is 2. The van der Waals surface area contributed by atoms with Crippen molar-refractivity contribution in [2.24, 2.45) is 10.7 Å². The third-order valence-electron chi connectivity index (χ3n) is 3.53. The van der Waals surface area contributed by atoms with Crippen LogP contribution in [-0.2, 0) is 19.5 Å². The highest BCUT2D eigenvalue weighted by atomic mass is 127. The maximum Gasteiger partial charge on any atom is 0.193 e. The molecule has 130 valence electrons. The zero-order valence-electron chi connectivity index (χ0n) is 14.6. The lowest BCUT2D eigenvalue weighted by molar-refractivity contribution is 0.402. The maximum atomic E-state index is 5.99. The van der Waals surface area contributed by atoms with Gasteiger partial charge < -0.3 is 16.0 Å². The number of nitrogens with two attached hydrogens (primary N) is 1. The molecule has 0 atom stereocenters. The Bertz CT molecular complexity index is 668. The van der Waals surface area contributed by atoms with E-state index < -0.39 is 0 Å². The van der Waals surface area contributed by atoms with Crippen LogP contribution in [0.15, 0.2) is 53.5 Å². The second-order valence-corrected chi connectivity index (χ2v) is 5.94. The Labute approximate surface area is 162 Å². The number of nitrogens with one attached hydrogen (secondary N) is 1. The molecule has 24 heavy (non-hydrogen) atoms. The van der Waals surface area contributed by atoms with Crippen molar-refractivity contribution in [3.05, 3.63) is 65.2 Å². The zero-order chi connectivity index (χ0) is 16.7. The molecule has 0 radical (unpaired) electrons. The van der Waals surface area contributed by atoms with E-state index in [2.05, 4.69) is 72.6 Å². The molecule has 2 aromatic carbocycles. The molecular formula is C19H27IN4. The Morgan fingerprint density at radius 1 is 1.04 bits per heavy atom. The summed E-state index contributed by atoms with van der Waals surface area (Å²) < 4.78 is 0. The summed E-state index contributed by atoms with van der Waals surface area (Å²) in [5, 5.41) is 3.15. The summed E-state index contributed by atoms with van der Waals surface area (Å²) in [4.78, 5) is 6.59. The van der Waals surface area contributed by atoms with Gasteiger partial charge >= 0.3 is 0 Å². The van der Waals surface area contributed by atoms with Gasteiger partial charge in [0.05, 0.1) is 6.54 Å². The standard InChI is InChI=1S/C19H26N4.HI/c1-4-15-7-6-10-18(12-15)22-19(20)21-13-16-8-5-9-17(11-16)14-23(2)3;/h5-12H,4,13-14H2,1-3H3,(H3,20,21,22);1H. The molecule has 5 heteroatoms. The van der Waals surface area contributed by atoms with E-state index in [0.29, 0.717) is 12.5 Å². The minimum absolute atomic E-state index is 0. The molecule has 0 unspecified atom stereocenters. The fourth-order valence-electron chi connectivity index (χ4n) is 2.42. The van der Waals surface area contributed by atoms with Crippen molar-refractivity contribution in [1.29, 1.82) is 0 Å². The lowest BCUT2D eigenvalue weighted by atomic mass is 10.1. The van der Waals surface area contributed by atoms with E-state index in [-0.39, 0.29) is 24.0 Å². The average molecular weight is 438 g/mol. The van der Waals surface area contributed by atoms with E-state index in [4.69, 9.17) is 5.73 Å². The Hall–Kier alpha value is -1.60. The van der Waals surface area contributed by atoms with Crippen LogP contribution in [-0.4, -0.2) is 25.0 Å². The molecule has 0 saturated carbocycles. The van der Waals surface area contributed by atoms with Gasteiger partial charge in [0.25, 0.3) is 0 Å².